The third-order valence-electron chi connectivity index (χ3n) is 5.12. The van der Waals surface area contributed by atoms with Crippen LogP contribution in [0.25, 0.3) is 22.2 Å². The molecule has 31 heavy (non-hydrogen) atoms. The Balaban J connectivity index is 1.92. The predicted molar refractivity (Wildman–Crippen MR) is 132 cm³/mol. The van der Waals surface area contributed by atoms with Gasteiger partial charge < -0.3 is 0 Å². The summed E-state index contributed by atoms with van der Waals surface area (Å²) in [5.41, 5.74) is 10.3. The molecule has 0 radical (unpaired) electrons. The van der Waals surface area contributed by atoms with Gasteiger partial charge in [-0.15, -0.1) is 5.10 Å². The molecule has 4 aromatic rings. The number of aryl methyl sites for hydroxylation is 1. The van der Waals surface area contributed by atoms with Crippen molar-refractivity contribution in [1.82, 2.24) is 15.0 Å². The Morgan fingerprint density at radius 3 is 1.84 bits per heavy atom. The van der Waals surface area contributed by atoms with Gasteiger partial charge in [0.1, 0.15) is 13.8 Å². The van der Waals surface area contributed by atoms with E-state index in [1.54, 1.807) is 4.80 Å². The summed E-state index contributed by atoms with van der Waals surface area (Å²) in [6.07, 6.45) is 1.84. The Hall–Kier alpha value is -3.46. The van der Waals surface area contributed by atoms with Crippen molar-refractivity contribution in [3.63, 3.8) is 0 Å². The van der Waals surface area contributed by atoms with Crippen LogP contribution in [-0.2, 0) is 0 Å². The van der Waals surface area contributed by atoms with Gasteiger partial charge in [-0.05, 0) is 18.1 Å². The van der Waals surface area contributed by atoms with Gasteiger partial charge in [0.15, 0.2) is 0 Å². The molecule has 3 nitrogen and oxygen atoms in total. The number of rotatable bonds is 5. The fraction of sp³-hybridized carbons (Fsp3) is 0.148. The summed E-state index contributed by atoms with van der Waals surface area (Å²) in [5.74, 6) is 0. The lowest BCUT2D eigenvalue weighted by atomic mass is 9.99. The Morgan fingerprint density at radius 1 is 0.774 bits per heavy atom. The Morgan fingerprint density at radius 2 is 1.32 bits per heavy atom. The average Bonchev–Trinajstić information content (AvgIpc) is 3.25. The van der Waals surface area contributed by atoms with Crippen LogP contribution in [0.3, 0.4) is 0 Å². The van der Waals surface area contributed by atoms with Crippen LogP contribution in [0.5, 0.6) is 0 Å². The van der Waals surface area contributed by atoms with E-state index in [0.717, 1.165) is 33.3 Å². The molecule has 0 aliphatic carbocycles. The topological polar surface area (TPSA) is 30.7 Å². The van der Waals surface area contributed by atoms with Crippen molar-refractivity contribution in [1.29, 1.82) is 0 Å². The van der Waals surface area contributed by atoms with Crippen LogP contribution in [0.2, 0.25) is 19.6 Å². The molecule has 4 rings (SSSR count). The first-order valence-corrected chi connectivity index (χ1v) is 14.0. The lowest BCUT2D eigenvalue weighted by Gasteiger charge is -2.18. The normalized spacial score (nSPS) is 11.1. The molecule has 0 saturated carbocycles. The SMILES string of the molecule is Cc1ccc(-c2cnn(C(=C=C(c3ccccc3)c3ccccc3)[Si](C)(C)C)n2)cc1. The van der Waals surface area contributed by atoms with E-state index in [1.165, 1.54) is 5.56 Å². The van der Waals surface area contributed by atoms with Gasteiger partial charge in [0.25, 0.3) is 0 Å². The zero-order chi connectivity index (χ0) is 21.8. The number of hydrogen-bond acceptors (Lipinski definition) is 2. The minimum atomic E-state index is -1.83. The number of hydrogen-bond donors (Lipinski definition) is 0. The maximum Gasteiger partial charge on any atom is 0.114 e. The highest BCUT2D eigenvalue weighted by Crippen LogP contribution is 2.27. The summed E-state index contributed by atoms with van der Waals surface area (Å²) in [7, 11) is -1.83. The predicted octanol–water partition coefficient (Wildman–Crippen LogP) is 6.70. The Kier molecular flexibility index (Phi) is 5.85. The van der Waals surface area contributed by atoms with Crippen molar-refractivity contribution >= 4 is 19.0 Å². The first-order chi connectivity index (χ1) is 14.9. The smallest absolute Gasteiger partial charge is 0.114 e. The van der Waals surface area contributed by atoms with E-state index in [9.17, 15) is 0 Å². The number of aromatic nitrogens is 3. The molecule has 0 amide bonds. The van der Waals surface area contributed by atoms with Crippen molar-refractivity contribution in [2.24, 2.45) is 0 Å². The van der Waals surface area contributed by atoms with Crippen molar-refractivity contribution in [3.05, 3.63) is 114 Å². The molecular formula is C27H27N3Si. The maximum atomic E-state index is 4.84. The molecule has 3 aromatic carbocycles. The third kappa shape index (κ3) is 4.83. The highest BCUT2D eigenvalue weighted by Gasteiger charge is 2.24. The van der Waals surface area contributed by atoms with E-state index >= 15 is 0 Å². The fourth-order valence-electron chi connectivity index (χ4n) is 3.40. The van der Waals surface area contributed by atoms with Crippen molar-refractivity contribution in [2.75, 3.05) is 0 Å². The zero-order valence-corrected chi connectivity index (χ0v) is 19.5. The van der Waals surface area contributed by atoms with Crippen molar-refractivity contribution in [3.8, 4) is 11.3 Å². The number of benzene rings is 3. The Labute approximate surface area is 185 Å². The first-order valence-electron chi connectivity index (χ1n) is 10.5. The quantitative estimate of drug-likeness (QED) is 0.265. The van der Waals surface area contributed by atoms with Crippen LogP contribution >= 0.6 is 0 Å². The molecule has 0 atom stereocenters. The van der Waals surface area contributed by atoms with Gasteiger partial charge in [-0.1, -0.05) is 116 Å². The van der Waals surface area contributed by atoms with Gasteiger partial charge >= 0.3 is 0 Å². The molecule has 0 bridgehead atoms. The second kappa shape index (κ2) is 8.72. The van der Waals surface area contributed by atoms with E-state index in [4.69, 9.17) is 5.10 Å². The molecule has 0 unspecified atom stereocenters. The third-order valence-corrected chi connectivity index (χ3v) is 6.86. The standard InChI is InChI=1S/C27H27N3Si/c1-21-15-17-24(18-16-21)26-20-28-30(29-26)27(31(2,3)4)19-25(22-11-7-5-8-12-22)23-13-9-6-10-14-23/h5-18,20H,1-4H3. The monoisotopic (exact) mass is 421 g/mol. The second-order valence-corrected chi connectivity index (χ2v) is 13.7. The maximum absolute atomic E-state index is 4.84. The van der Waals surface area contributed by atoms with Gasteiger partial charge in [0.05, 0.1) is 11.5 Å². The summed E-state index contributed by atoms with van der Waals surface area (Å²) >= 11 is 0. The molecule has 0 aliphatic rings. The molecule has 1 aromatic heterocycles. The zero-order valence-electron chi connectivity index (χ0n) is 18.5. The van der Waals surface area contributed by atoms with Gasteiger partial charge in [0.2, 0.25) is 0 Å². The summed E-state index contributed by atoms with van der Waals surface area (Å²) in [6.45, 7) is 9.00. The minimum absolute atomic E-state index is 0.874. The molecule has 154 valence electrons. The second-order valence-electron chi connectivity index (χ2n) is 8.72. The van der Waals surface area contributed by atoms with Gasteiger partial charge in [0, 0.05) is 11.1 Å². The highest BCUT2D eigenvalue weighted by atomic mass is 28.3. The van der Waals surface area contributed by atoms with Crippen molar-refractivity contribution in [2.45, 2.75) is 26.6 Å². The molecular weight excluding hydrogens is 394 g/mol. The van der Waals surface area contributed by atoms with Crippen LogP contribution < -0.4 is 0 Å². The summed E-state index contributed by atoms with van der Waals surface area (Å²) in [6, 6.07) is 29.3. The van der Waals surface area contributed by atoms with E-state index in [-0.39, 0.29) is 0 Å². The van der Waals surface area contributed by atoms with E-state index in [2.05, 4.69) is 110 Å². The Bertz CT molecular complexity index is 1180. The lowest BCUT2D eigenvalue weighted by Crippen LogP contribution is -2.27. The minimum Gasteiger partial charge on any atom is -0.156 e. The van der Waals surface area contributed by atoms with Crippen LogP contribution in [0.15, 0.2) is 96.9 Å². The largest absolute Gasteiger partial charge is 0.156 e. The van der Waals surface area contributed by atoms with Crippen LogP contribution in [0.1, 0.15) is 16.7 Å². The van der Waals surface area contributed by atoms with Crippen LogP contribution in [0.4, 0.5) is 0 Å². The van der Waals surface area contributed by atoms with E-state index in [0.29, 0.717) is 0 Å². The first kappa shape index (κ1) is 20.8. The molecule has 1 heterocycles. The number of nitrogens with zero attached hydrogens (tertiary/aromatic N) is 3. The molecule has 4 heteroatoms. The van der Waals surface area contributed by atoms with Crippen LogP contribution in [0, 0.1) is 6.92 Å². The molecule has 0 spiro atoms. The van der Waals surface area contributed by atoms with E-state index in [1.807, 2.05) is 18.3 Å². The summed E-state index contributed by atoms with van der Waals surface area (Å²) < 4.78 is 0. The molecule has 0 fully saturated rings. The van der Waals surface area contributed by atoms with Crippen LogP contribution in [-0.4, -0.2) is 23.1 Å². The molecule has 0 N–H and O–H groups in total. The fourth-order valence-corrected chi connectivity index (χ4v) is 4.61. The summed E-state index contributed by atoms with van der Waals surface area (Å²) in [5, 5.41) is 10.5. The van der Waals surface area contributed by atoms with Gasteiger partial charge in [-0.3, -0.25) is 0 Å². The van der Waals surface area contributed by atoms with Gasteiger partial charge in [-0.2, -0.15) is 9.90 Å². The average molecular weight is 422 g/mol. The van der Waals surface area contributed by atoms with Crippen molar-refractivity contribution < 1.29 is 0 Å². The molecule has 0 saturated heterocycles. The molecule has 0 aliphatic heterocycles. The lowest BCUT2D eigenvalue weighted by molar-refractivity contribution is 0.785. The summed E-state index contributed by atoms with van der Waals surface area (Å²) in [4.78, 5) is 1.79. The van der Waals surface area contributed by atoms with E-state index < -0.39 is 8.07 Å². The highest BCUT2D eigenvalue weighted by molar-refractivity contribution is 6.92. The van der Waals surface area contributed by atoms with Gasteiger partial charge in [-0.25, -0.2) is 0 Å².